The van der Waals surface area contributed by atoms with E-state index in [0.717, 1.165) is 51.6 Å². The fourth-order valence-electron chi connectivity index (χ4n) is 3.82. The smallest absolute Gasteiger partial charge is 0.325 e. The molecule has 1 saturated carbocycles. The molecule has 1 N–H and O–H groups in total. The Hall–Kier alpha value is -1.10. The normalized spacial score (nSPS) is 38.4. The molecule has 3 unspecified atom stereocenters. The van der Waals surface area contributed by atoms with E-state index in [-0.39, 0.29) is 24.0 Å². The van der Waals surface area contributed by atoms with Crippen molar-refractivity contribution in [1.82, 2.24) is 10.2 Å². The topological polar surface area (TPSA) is 58.6 Å². The summed E-state index contributed by atoms with van der Waals surface area (Å²) in [6, 6.07) is -0.224. The Balaban J connectivity index is 1.72. The number of carbonyl (C=O) groups excluding carboxylic acids is 2. The van der Waals surface area contributed by atoms with Crippen LogP contribution in [0.2, 0.25) is 0 Å². The lowest BCUT2D eigenvalue weighted by atomic mass is 9.73. The minimum atomic E-state index is -0.635. The third-order valence-electron chi connectivity index (χ3n) is 5.16. The maximum atomic E-state index is 12.8. The Morgan fingerprint density at radius 1 is 1.25 bits per heavy atom. The molecule has 2 heterocycles. The molecule has 3 amide bonds. The van der Waals surface area contributed by atoms with Crippen LogP contribution >= 0.6 is 0 Å². The van der Waals surface area contributed by atoms with E-state index >= 15 is 0 Å². The van der Waals surface area contributed by atoms with Crippen molar-refractivity contribution in [2.24, 2.45) is 5.92 Å². The van der Waals surface area contributed by atoms with E-state index in [1.165, 1.54) is 4.90 Å². The monoisotopic (exact) mass is 280 g/mol. The molecule has 3 atom stereocenters. The van der Waals surface area contributed by atoms with Crippen molar-refractivity contribution < 1.29 is 14.3 Å². The zero-order valence-electron chi connectivity index (χ0n) is 12.2. The third kappa shape index (κ3) is 2.22. The SMILES string of the molecule is CC1CCCCC12NC(=O)N(CC1CCCCO1)C2=O. The molecule has 1 spiro atoms. The summed E-state index contributed by atoms with van der Waals surface area (Å²) >= 11 is 0. The van der Waals surface area contributed by atoms with Gasteiger partial charge in [-0.2, -0.15) is 0 Å². The van der Waals surface area contributed by atoms with E-state index in [1.54, 1.807) is 0 Å². The Morgan fingerprint density at radius 3 is 2.75 bits per heavy atom. The van der Waals surface area contributed by atoms with E-state index in [4.69, 9.17) is 4.74 Å². The average Bonchev–Trinajstić information content (AvgIpc) is 2.69. The Labute approximate surface area is 120 Å². The lowest BCUT2D eigenvalue weighted by molar-refractivity contribution is -0.136. The van der Waals surface area contributed by atoms with Gasteiger partial charge in [0.1, 0.15) is 5.54 Å². The number of urea groups is 1. The first kappa shape index (κ1) is 13.9. The summed E-state index contributed by atoms with van der Waals surface area (Å²) in [5.74, 6) is 0.203. The van der Waals surface area contributed by atoms with Gasteiger partial charge >= 0.3 is 6.03 Å². The summed E-state index contributed by atoms with van der Waals surface area (Å²) in [5.41, 5.74) is -0.635. The predicted molar refractivity (Wildman–Crippen MR) is 74.2 cm³/mol. The van der Waals surface area contributed by atoms with Crippen LogP contribution in [0.1, 0.15) is 51.9 Å². The van der Waals surface area contributed by atoms with Crippen molar-refractivity contribution in [3.05, 3.63) is 0 Å². The van der Waals surface area contributed by atoms with Gasteiger partial charge in [-0.05, 0) is 38.0 Å². The lowest BCUT2D eigenvalue weighted by Gasteiger charge is -2.37. The summed E-state index contributed by atoms with van der Waals surface area (Å²) in [5, 5.41) is 2.99. The van der Waals surface area contributed by atoms with Gasteiger partial charge in [0, 0.05) is 6.61 Å². The number of rotatable bonds is 2. The van der Waals surface area contributed by atoms with Gasteiger partial charge in [-0.25, -0.2) is 4.79 Å². The first-order valence-corrected chi connectivity index (χ1v) is 7.89. The minimum Gasteiger partial charge on any atom is -0.376 e. The quantitative estimate of drug-likeness (QED) is 0.788. The van der Waals surface area contributed by atoms with Crippen LogP contribution in [-0.2, 0) is 9.53 Å². The second-order valence-corrected chi connectivity index (χ2v) is 6.45. The van der Waals surface area contributed by atoms with Gasteiger partial charge in [-0.15, -0.1) is 0 Å². The first-order valence-electron chi connectivity index (χ1n) is 7.89. The zero-order valence-corrected chi connectivity index (χ0v) is 12.2. The molecule has 0 aromatic rings. The van der Waals surface area contributed by atoms with E-state index in [1.807, 2.05) is 0 Å². The molecule has 3 rings (SSSR count). The molecule has 3 aliphatic rings. The molecule has 0 bridgehead atoms. The number of amides is 3. The molecule has 0 radical (unpaired) electrons. The molecule has 1 aliphatic carbocycles. The van der Waals surface area contributed by atoms with Crippen LogP contribution in [0, 0.1) is 5.92 Å². The highest BCUT2D eigenvalue weighted by atomic mass is 16.5. The summed E-state index contributed by atoms with van der Waals surface area (Å²) in [6.07, 6.45) is 7.13. The van der Waals surface area contributed by atoms with Crippen LogP contribution in [-0.4, -0.2) is 41.6 Å². The van der Waals surface area contributed by atoms with Crippen LogP contribution in [0.25, 0.3) is 0 Å². The number of carbonyl (C=O) groups is 2. The standard InChI is InChI=1S/C15H24N2O3/c1-11-6-2-4-8-15(11)13(18)17(14(19)16-15)10-12-7-3-5-9-20-12/h11-12H,2-10H2,1H3,(H,16,19). The van der Waals surface area contributed by atoms with Crippen LogP contribution in [0.4, 0.5) is 4.79 Å². The molecule has 2 aliphatic heterocycles. The molecular formula is C15H24N2O3. The number of hydrogen-bond donors (Lipinski definition) is 1. The number of ether oxygens (including phenoxy) is 1. The van der Waals surface area contributed by atoms with Gasteiger partial charge in [-0.1, -0.05) is 19.8 Å². The molecule has 0 aromatic heterocycles. The molecule has 112 valence electrons. The van der Waals surface area contributed by atoms with Crippen molar-refractivity contribution in [1.29, 1.82) is 0 Å². The summed E-state index contributed by atoms with van der Waals surface area (Å²) in [6.45, 7) is 3.24. The van der Waals surface area contributed by atoms with Crippen LogP contribution in [0.5, 0.6) is 0 Å². The first-order chi connectivity index (χ1) is 9.63. The average molecular weight is 280 g/mol. The summed E-state index contributed by atoms with van der Waals surface area (Å²) in [7, 11) is 0. The van der Waals surface area contributed by atoms with Gasteiger partial charge < -0.3 is 10.1 Å². The van der Waals surface area contributed by atoms with Gasteiger partial charge in [0.25, 0.3) is 5.91 Å². The van der Waals surface area contributed by atoms with E-state index < -0.39 is 5.54 Å². The highest BCUT2D eigenvalue weighted by Gasteiger charge is 2.55. The summed E-state index contributed by atoms with van der Waals surface area (Å²) in [4.78, 5) is 26.4. The van der Waals surface area contributed by atoms with E-state index in [2.05, 4.69) is 12.2 Å². The largest absolute Gasteiger partial charge is 0.376 e. The van der Waals surface area contributed by atoms with Crippen molar-refractivity contribution in [2.45, 2.75) is 63.5 Å². The van der Waals surface area contributed by atoms with Crippen LogP contribution in [0.3, 0.4) is 0 Å². The Kier molecular flexibility index (Phi) is 3.71. The molecule has 2 saturated heterocycles. The third-order valence-corrected chi connectivity index (χ3v) is 5.16. The fourth-order valence-corrected chi connectivity index (χ4v) is 3.82. The van der Waals surface area contributed by atoms with Crippen molar-refractivity contribution in [3.8, 4) is 0 Å². The van der Waals surface area contributed by atoms with E-state index in [9.17, 15) is 9.59 Å². The van der Waals surface area contributed by atoms with Gasteiger partial charge in [-0.3, -0.25) is 9.69 Å². The van der Waals surface area contributed by atoms with Gasteiger partial charge in [0.15, 0.2) is 0 Å². The van der Waals surface area contributed by atoms with Gasteiger partial charge in [0.05, 0.1) is 12.6 Å². The molecule has 0 aromatic carbocycles. The maximum absolute atomic E-state index is 12.8. The van der Waals surface area contributed by atoms with E-state index in [0.29, 0.717) is 6.54 Å². The fraction of sp³-hybridized carbons (Fsp3) is 0.867. The highest BCUT2D eigenvalue weighted by molar-refractivity contribution is 6.07. The number of nitrogens with one attached hydrogen (secondary N) is 1. The van der Waals surface area contributed by atoms with Crippen molar-refractivity contribution >= 4 is 11.9 Å². The highest BCUT2D eigenvalue weighted by Crippen LogP contribution is 2.38. The molecule has 5 heteroatoms. The predicted octanol–water partition coefficient (Wildman–Crippen LogP) is 2.06. The second-order valence-electron chi connectivity index (χ2n) is 6.45. The molecule has 5 nitrogen and oxygen atoms in total. The molecule has 20 heavy (non-hydrogen) atoms. The second kappa shape index (κ2) is 5.35. The van der Waals surface area contributed by atoms with Crippen LogP contribution < -0.4 is 5.32 Å². The lowest BCUT2D eigenvalue weighted by Crippen LogP contribution is -2.54. The number of imide groups is 1. The minimum absolute atomic E-state index is 0.0208. The molecule has 3 fully saturated rings. The zero-order chi connectivity index (χ0) is 14.2. The number of nitrogens with zero attached hydrogens (tertiary/aromatic N) is 1. The summed E-state index contributed by atoms with van der Waals surface area (Å²) < 4.78 is 5.67. The Bertz CT molecular complexity index is 406. The maximum Gasteiger partial charge on any atom is 0.325 e. The van der Waals surface area contributed by atoms with Crippen molar-refractivity contribution in [3.63, 3.8) is 0 Å². The molecular weight excluding hydrogens is 256 g/mol. The van der Waals surface area contributed by atoms with Crippen molar-refractivity contribution in [2.75, 3.05) is 13.2 Å². The van der Waals surface area contributed by atoms with Gasteiger partial charge in [0.2, 0.25) is 0 Å². The Morgan fingerprint density at radius 2 is 2.05 bits per heavy atom. The van der Waals surface area contributed by atoms with Crippen LogP contribution in [0.15, 0.2) is 0 Å². The number of hydrogen-bond acceptors (Lipinski definition) is 3.